The molecule has 0 aromatic carbocycles. The molecule has 0 saturated carbocycles. The van der Waals surface area contributed by atoms with Crippen LogP contribution in [0.3, 0.4) is 0 Å². The van der Waals surface area contributed by atoms with Gasteiger partial charge in [0.25, 0.3) is 0 Å². The minimum Gasteiger partial charge on any atom is -0.270 e. The van der Waals surface area contributed by atoms with Crippen molar-refractivity contribution >= 4 is 6.41 Å². The number of nitrogens with zero attached hydrogens (tertiary/aromatic N) is 1. The molecule has 1 N–H and O–H groups in total. The van der Waals surface area contributed by atoms with Gasteiger partial charge in [0, 0.05) is 13.1 Å². The number of hydrazine groups is 1. The van der Waals surface area contributed by atoms with Crippen LogP contribution in [0.5, 0.6) is 0 Å². The average Bonchev–Trinajstić information content (AvgIpc) is 2.22. The summed E-state index contributed by atoms with van der Waals surface area (Å²) in [7, 11) is 0. The Hall–Kier alpha value is -0.570. The van der Waals surface area contributed by atoms with Crippen molar-refractivity contribution in [2.24, 2.45) is 0 Å². The molecule has 3 heteroatoms. The summed E-state index contributed by atoms with van der Waals surface area (Å²) in [5, 5.41) is 1.56. The zero-order valence-corrected chi connectivity index (χ0v) is 8.22. The van der Waals surface area contributed by atoms with Crippen molar-refractivity contribution < 1.29 is 4.79 Å². The third kappa shape index (κ3) is 4.88. The van der Waals surface area contributed by atoms with Crippen molar-refractivity contribution in [3.8, 4) is 0 Å². The fraction of sp³-hybridized carbons (Fsp3) is 0.900. The maximum absolute atomic E-state index is 10.4. The Balaban J connectivity index is 2.22. The van der Waals surface area contributed by atoms with E-state index < -0.39 is 0 Å². The minimum absolute atomic E-state index is 0.809. The summed E-state index contributed by atoms with van der Waals surface area (Å²) >= 11 is 0. The predicted octanol–water partition coefficient (Wildman–Crippen LogP) is 1.60. The second-order valence-electron chi connectivity index (χ2n) is 3.63. The smallest absolute Gasteiger partial charge is 0.270 e. The Morgan fingerprint density at radius 1 is 0.923 bits per heavy atom. The van der Waals surface area contributed by atoms with E-state index in [9.17, 15) is 4.79 Å². The highest BCUT2D eigenvalue weighted by Crippen LogP contribution is 2.08. The highest BCUT2D eigenvalue weighted by Gasteiger charge is 2.02. The molecule has 3 nitrogen and oxygen atoms in total. The first-order chi connectivity index (χ1) is 6.43. The van der Waals surface area contributed by atoms with Gasteiger partial charge in [-0.25, -0.2) is 5.43 Å². The summed E-state index contributed by atoms with van der Waals surface area (Å²) in [6.07, 6.45) is 10.7. The summed E-state index contributed by atoms with van der Waals surface area (Å²) in [5.74, 6) is 0. The van der Waals surface area contributed by atoms with E-state index in [0.29, 0.717) is 0 Å². The van der Waals surface area contributed by atoms with E-state index in [4.69, 9.17) is 0 Å². The topological polar surface area (TPSA) is 32.3 Å². The molecule has 13 heavy (non-hydrogen) atoms. The van der Waals surface area contributed by atoms with E-state index in [2.05, 4.69) is 5.43 Å². The fourth-order valence-electron chi connectivity index (χ4n) is 1.65. The van der Waals surface area contributed by atoms with Crippen molar-refractivity contribution in [2.75, 3.05) is 13.1 Å². The molecular weight excluding hydrogens is 164 g/mol. The molecule has 0 aromatic heterocycles. The zero-order chi connectivity index (χ0) is 9.36. The summed E-state index contributed by atoms with van der Waals surface area (Å²) in [6.45, 7) is 1.72. The third-order valence-corrected chi connectivity index (χ3v) is 2.47. The molecule has 0 bridgehead atoms. The maximum atomic E-state index is 10.4. The molecular formula is C10H19N2O. The molecule has 1 radical (unpaired) electrons. The molecule has 1 saturated heterocycles. The number of nitrogens with one attached hydrogen (secondary N) is 1. The molecule has 1 aliphatic rings. The maximum Gasteiger partial charge on any atom is 0.327 e. The van der Waals surface area contributed by atoms with Gasteiger partial charge in [-0.3, -0.25) is 9.80 Å². The van der Waals surface area contributed by atoms with Crippen LogP contribution < -0.4 is 5.43 Å². The highest BCUT2D eigenvalue weighted by atomic mass is 16.1. The molecule has 0 aliphatic carbocycles. The van der Waals surface area contributed by atoms with Crippen LogP contribution in [-0.4, -0.2) is 24.5 Å². The Bertz CT molecular complexity index is 127. The van der Waals surface area contributed by atoms with E-state index in [1.165, 1.54) is 32.1 Å². The zero-order valence-electron chi connectivity index (χ0n) is 8.22. The lowest BCUT2D eigenvalue weighted by Crippen LogP contribution is -2.38. The van der Waals surface area contributed by atoms with Gasteiger partial charge in [-0.2, -0.15) is 0 Å². The first kappa shape index (κ1) is 10.5. The largest absolute Gasteiger partial charge is 0.327 e. The van der Waals surface area contributed by atoms with Crippen LogP contribution >= 0.6 is 0 Å². The van der Waals surface area contributed by atoms with Gasteiger partial charge in [-0.1, -0.05) is 32.1 Å². The molecule has 1 fully saturated rings. The molecule has 1 heterocycles. The van der Waals surface area contributed by atoms with Crippen LogP contribution in [-0.2, 0) is 4.79 Å². The van der Waals surface area contributed by atoms with E-state index in [-0.39, 0.29) is 0 Å². The summed E-state index contributed by atoms with van der Waals surface area (Å²) in [5.41, 5.74) is 3.08. The lowest BCUT2D eigenvalue weighted by molar-refractivity contribution is 0.282. The van der Waals surface area contributed by atoms with Gasteiger partial charge in [0.05, 0.1) is 0 Å². The van der Waals surface area contributed by atoms with E-state index in [1.807, 2.05) is 6.41 Å². The average molecular weight is 183 g/mol. The van der Waals surface area contributed by atoms with E-state index in [1.54, 1.807) is 5.01 Å². The van der Waals surface area contributed by atoms with Gasteiger partial charge in [-0.05, 0) is 12.8 Å². The van der Waals surface area contributed by atoms with Crippen LogP contribution in [0.4, 0.5) is 0 Å². The normalized spacial score (nSPS) is 22.0. The first-order valence-electron chi connectivity index (χ1n) is 5.32. The number of hydrogen-bond acceptors (Lipinski definition) is 2. The summed E-state index contributed by atoms with van der Waals surface area (Å²) < 4.78 is 0. The van der Waals surface area contributed by atoms with Crippen molar-refractivity contribution in [1.29, 1.82) is 0 Å². The van der Waals surface area contributed by atoms with E-state index in [0.717, 1.165) is 25.9 Å². The minimum atomic E-state index is 0.809. The van der Waals surface area contributed by atoms with Crippen LogP contribution in [0.1, 0.15) is 44.9 Å². The number of hydrogen-bond donors (Lipinski definition) is 1. The van der Waals surface area contributed by atoms with Gasteiger partial charge < -0.3 is 0 Å². The predicted molar refractivity (Wildman–Crippen MR) is 52.7 cm³/mol. The van der Waals surface area contributed by atoms with Crippen molar-refractivity contribution in [1.82, 2.24) is 10.4 Å². The highest BCUT2D eigenvalue weighted by molar-refractivity contribution is 5.46. The molecule has 0 unspecified atom stereocenters. The summed E-state index contributed by atoms with van der Waals surface area (Å²) in [6, 6.07) is 0. The van der Waals surface area contributed by atoms with Gasteiger partial charge in [0.15, 0.2) is 0 Å². The quantitative estimate of drug-likeness (QED) is 0.669. The molecule has 0 atom stereocenters. The van der Waals surface area contributed by atoms with Gasteiger partial charge in [0.1, 0.15) is 0 Å². The van der Waals surface area contributed by atoms with Crippen molar-refractivity contribution in [3.63, 3.8) is 0 Å². The van der Waals surface area contributed by atoms with Crippen molar-refractivity contribution in [2.45, 2.75) is 44.9 Å². The molecule has 1 rings (SSSR count). The third-order valence-electron chi connectivity index (χ3n) is 2.47. The van der Waals surface area contributed by atoms with Crippen LogP contribution in [0, 0.1) is 0 Å². The molecule has 1 amide bonds. The Morgan fingerprint density at radius 2 is 1.54 bits per heavy atom. The molecule has 1 aliphatic heterocycles. The van der Waals surface area contributed by atoms with Gasteiger partial charge in [0.2, 0.25) is 0 Å². The standard InChI is InChI=1S/C10H19N2O/c13-10-12-9-7-5-3-1-2-4-6-8-11-12/h11H,1-9H2. The Morgan fingerprint density at radius 3 is 2.23 bits per heavy atom. The number of rotatable bonds is 1. The first-order valence-corrected chi connectivity index (χ1v) is 5.32. The second-order valence-corrected chi connectivity index (χ2v) is 3.63. The Labute approximate surface area is 80.5 Å². The van der Waals surface area contributed by atoms with Gasteiger partial charge in [-0.15, -0.1) is 0 Å². The lowest BCUT2D eigenvalue weighted by atomic mass is 10.1. The van der Waals surface area contributed by atoms with Crippen LogP contribution in [0.2, 0.25) is 0 Å². The monoisotopic (exact) mass is 183 g/mol. The SMILES string of the molecule is O=[C]N1CCCCCCCCCN1. The molecule has 75 valence electrons. The fourth-order valence-corrected chi connectivity index (χ4v) is 1.65. The molecule has 0 aromatic rings. The lowest BCUT2D eigenvalue weighted by Gasteiger charge is -2.16. The number of amides is 1. The summed E-state index contributed by atoms with van der Waals surface area (Å²) in [4.78, 5) is 10.4. The second kappa shape index (κ2) is 6.89. The molecule has 0 spiro atoms. The van der Waals surface area contributed by atoms with Gasteiger partial charge >= 0.3 is 6.41 Å². The van der Waals surface area contributed by atoms with E-state index >= 15 is 0 Å². The number of carbonyl (C=O) groups excluding carboxylic acids is 1. The van der Waals surface area contributed by atoms with Crippen molar-refractivity contribution in [3.05, 3.63) is 0 Å². The Kier molecular flexibility index (Phi) is 5.57. The van der Waals surface area contributed by atoms with Crippen LogP contribution in [0.15, 0.2) is 0 Å². The van der Waals surface area contributed by atoms with Crippen LogP contribution in [0.25, 0.3) is 0 Å².